The fourth-order valence-corrected chi connectivity index (χ4v) is 4.11. The zero-order valence-electron chi connectivity index (χ0n) is 16.0. The van der Waals surface area contributed by atoms with E-state index in [4.69, 9.17) is 4.74 Å². The van der Waals surface area contributed by atoms with E-state index in [2.05, 4.69) is 0 Å². The highest BCUT2D eigenvalue weighted by Crippen LogP contribution is 2.21. The summed E-state index contributed by atoms with van der Waals surface area (Å²) in [4.78, 5) is 14.3. The highest BCUT2D eigenvalue weighted by molar-refractivity contribution is 7.89. The van der Waals surface area contributed by atoms with Crippen LogP contribution in [0.5, 0.6) is 5.75 Å². The monoisotopic (exact) mass is 390 g/mol. The number of hydrogen-bond acceptors (Lipinski definition) is 4. The summed E-state index contributed by atoms with van der Waals surface area (Å²) in [5, 5.41) is 0. The largest absolute Gasteiger partial charge is 0.497 e. The highest BCUT2D eigenvalue weighted by atomic mass is 32.2. The summed E-state index contributed by atoms with van der Waals surface area (Å²) in [6.07, 6.45) is 0. The van der Waals surface area contributed by atoms with E-state index in [9.17, 15) is 13.2 Å². The molecule has 7 heteroatoms. The molecule has 0 bridgehead atoms. The summed E-state index contributed by atoms with van der Waals surface area (Å²) >= 11 is 0. The van der Waals surface area contributed by atoms with Crippen molar-refractivity contribution in [2.45, 2.75) is 25.3 Å². The Kier molecular flexibility index (Phi) is 7.38. The maximum absolute atomic E-state index is 13.2. The van der Waals surface area contributed by atoms with Crippen molar-refractivity contribution in [1.82, 2.24) is 9.21 Å². The van der Waals surface area contributed by atoms with Crippen LogP contribution in [0.1, 0.15) is 19.4 Å². The van der Waals surface area contributed by atoms with Gasteiger partial charge < -0.3 is 9.64 Å². The number of ether oxygens (including phenoxy) is 1. The summed E-state index contributed by atoms with van der Waals surface area (Å²) in [7, 11) is -2.32. The molecule has 2 rings (SSSR count). The second-order valence-corrected chi connectivity index (χ2v) is 7.94. The minimum atomic E-state index is -3.84. The molecule has 146 valence electrons. The van der Waals surface area contributed by atoms with Gasteiger partial charge in [0, 0.05) is 19.6 Å². The fraction of sp³-hybridized carbons (Fsp3) is 0.350. The Bertz CT molecular complexity index is 832. The molecular formula is C20H26N2O4S. The average molecular weight is 391 g/mol. The van der Waals surface area contributed by atoms with Crippen LogP contribution in [0.15, 0.2) is 59.5 Å². The maximum atomic E-state index is 13.2. The van der Waals surface area contributed by atoms with Crippen LogP contribution < -0.4 is 4.74 Å². The molecule has 2 aromatic carbocycles. The molecule has 0 heterocycles. The van der Waals surface area contributed by atoms with Crippen LogP contribution in [-0.4, -0.2) is 50.3 Å². The van der Waals surface area contributed by atoms with Crippen LogP contribution in [0.3, 0.4) is 0 Å². The van der Waals surface area contributed by atoms with Crippen molar-refractivity contribution in [2.24, 2.45) is 0 Å². The smallest absolute Gasteiger partial charge is 0.243 e. The minimum absolute atomic E-state index is 0.127. The maximum Gasteiger partial charge on any atom is 0.243 e. The number of rotatable bonds is 9. The average Bonchev–Trinajstić information content (AvgIpc) is 2.69. The van der Waals surface area contributed by atoms with E-state index in [0.29, 0.717) is 18.8 Å². The molecule has 0 unspecified atom stereocenters. The Labute approximate surface area is 161 Å². The first-order chi connectivity index (χ1) is 12.9. The van der Waals surface area contributed by atoms with Gasteiger partial charge in [-0.05, 0) is 43.7 Å². The molecule has 0 saturated heterocycles. The van der Waals surface area contributed by atoms with Crippen LogP contribution in [0, 0.1) is 0 Å². The van der Waals surface area contributed by atoms with Crippen LogP contribution in [0.25, 0.3) is 0 Å². The van der Waals surface area contributed by atoms with Crippen molar-refractivity contribution in [3.05, 3.63) is 60.2 Å². The van der Waals surface area contributed by atoms with Crippen LogP contribution in [0.4, 0.5) is 0 Å². The predicted molar refractivity (Wildman–Crippen MR) is 105 cm³/mol. The third kappa shape index (κ3) is 5.30. The summed E-state index contributed by atoms with van der Waals surface area (Å²) in [6, 6.07) is 15.4. The standard InChI is InChI=1S/C20H26N2O4S/c1-4-21(5-2)20(23)16-22(15-17-9-7-6-8-10-17)27(24,25)19-13-11-18(26-3)12-14-19/h6-14H,4-5,15-16H2,1-3H3. The van der Waals surface area contributed by atoms with Gasteiger partial charge in [0.2, 0.25) is 15.9 Å². The first-order valence-corrected chi connectivity index (χ1v) is 10.3. The van der Waals surface area contributed by atoms with E-state index in [1.54, 1.807) is 17.0 Å². The van der Waals surface area contributed by atoms with Gasteiger partial charge in [0.1, 0.15) is 5.75 Å². The van der Waals surface area contributed by atoms with Crippen molar-refractivity contribution in [3.8, 4) is 5.75 Å². The zero-order valence-corrected chi connectivity index (χ0v) is 16.8. The Morgan fingerprint density at radius 3 is 2.07 bits per heavy atom. The molecule has 0 aromatic heterocycles. The summed E-state index contributed by atoms with van der Waals surface area (Å²) in [5.74, 6) is 0.357. The van der Waals surface area contributed by atoms with Crippen molar-refractivity contribution in [1.29, 1.82) is 0 Å². The normalized spacial score (nSPS) is 11.4. The van der Waals surface area contributed by atoms with Gasteiger partial charge in [-0.25, -0.2) is 8.42 Å². The van der Waals surface area contributed by atoms with E-state index in [1.807, 2.05) is 44.2 Å². The third-order valence-corrected chi connectivity index (χ3v) is 6.13. The molecule has 1 amide bonds. The van der Waals surface area contributed by atoms with E-state index in [1.165, 1.54) is 23.5 Å². The molecular weight excluding hydrogens is 364 g/mol. The first kappa shape index (κ1) is 20.9. The molecule has 0 N–H and O–H groups in total. The molecule has 6 nitrogen and oxygen atoms in total. The lowest BCUT2D eigenvalue weighted by Crippen LogP contribution is -2.42. The van der Waals surface area contributed by atoms with Crippen molar-refractivity contribution in [3.63, 3.8) is 0 Å². The number of likely N-dealkylation sites (N-methyl/N-ethyl adjacent to an activating group) is 1. The van der Waals surface area contributed by atoms with E-state index >= 15 is 0 Å². The third-order valence-electron chi connectivity index (χ3n) is 4.33. The second kappa shape index (κ2) is 9.53. The number of nitrogens with zero attached hydrogens (tertiary/aromatic N) is 2. The van der Waals surface area contributed by atoms with Gasteiger partial charge in [-0.15, -0.1) is 0 Å². The predicted octanol–water partition coefficient (Wildman–Crippen LogP) is 2.75. The fourth-order valence-electron chi connectivity index (χ4n) is 2.74. The number of benzene rings is 2. The number of amides is 1. The number of carbonyl (C=O) groups excluding carboxylic acids is 1. The topological polar surface area (TPSA) is 66.9 Å². The number of hydrogen-bond donors (Lipinski definition) is 0. The summed E-state index contributed by atoms with van der Waals surface area (Å²) < 4.78 is 32.7. The van der Waals surface area contributed by atoms with Gasteiger partial charge in [-0.1, -0.05) is 30.3 Å². The lowest BCUT2D eigenvalue weighted by atomic mass is 10.2. The molecule has 0 fully saturated rings. The first-order valence-electron chi connectivity index (χ1n) is 8.88. The molecule has 0 aliphatic rings. The van der Waals surface area contributed by atoms with E-state index in [-0.39, 0.29) is 23.9 Å². The van der Waals surface area contributed by atoms with Gasteiger partial charge in [0.05, 0.1) is 18.6 Å². The van der Waals surface area contributed by atoms with Crippen molar-refractivity contribution < 1.29 is 17.9 Å². The molecule has 0 radical (unpaired) electrons. The Hall–Kier alpha value is -2.38. The lowest BCUT2D eigenvalue weighted by Gasteiger charge is -2.26. The van der Waals surface area contributed by atoms with E-state index in [0.717, 1.165) is 5.56 Å². The number of sulfonamides is 1. The van der Waals surface area contributed by atoms with Gasteiger partial charge in [-0.2, -0.15) is 4.31 Å². The molecule has 0 saturated carbocycles. The van der Waals surface area contributed by atoms with Crippen molar-refractivity contribution in [2.75, 3.05) is 26.7 Å². The Morgan fingerprint density at radius 2 is 1.56 bits per heavy atom. The van der Waals surface area contributed by atoms with Gasteiger partial charge in [0.25, 0.3) is 0 Å². The van der Waals surface area contributed by atoms with Gasteiger partial charge >= 0.3 is 0 Å². The lowest BCUT2D eigenvalue weighted by molar-refractivity contribution is -0.131. The SMILES string of the molecule is CCN(CC)C(=O)CN(Cc1ccccc1)S(=O)(=O)c1ccc(OC)cc1. The highest BCUT2D eigenvalue weighted by Gasteiger charge is 2.28. The van der Waals surface area contributed by atoms with E-state index < -0.39 is 10.0 Å². The quantitative estimate of drug-likeness (QED) is 0.660. The summed E-state index contributed by atoms with van der Waals surface area (Å²) in [5.41, 5.74) is 0.821. The Morgan fingerprint density at radius 1 is 0.963 bits per heavy atom. The van der Waals surface area contributed by atoms with Crippen LogP contribution in [0.2, 0.25) is 0 Å². The van der Waals surface area contributed by atoms with Gasteiger partial charge in [-0.3, -0.25) is 4.79 Å². The van der Waals surface area contributed by atoms with Crippen molar-refractivity contribution >= 4 is 15.9 Å². The molecule has 0 atom stereocenters. The molecule has 27 heavy (non-hydrogen) atoms. The molecule has 0 aliphatic heterocycles. The number of methoxy groups -OCH3 is 1. The van der Waals surface area contributed by atoms with Crippen LogP contribution >= 0.6 is 0 Å². The molecule has 0 aliphatic carbocycles. The number of carbonyl (C=O) groups is 1. The Balaban J connectivity index is 2.35. The molecule has 2 aromatic rings. The second-order valence-electron chi connectivity index (χ2n) is 6.00. The zero-order chi connectivity index (χ0) is 19.9. The van der Waals surface area contributed by atoms with Gasteiger partial charge in [0.15, 0.2) is 0 Å². The summed E-state index contributed by atoms with van der Waals surface area (Å²) in [6.45, 7) is 4.75. The minimum Gasteiger partial charge on any atom is -0.497 e. The van der Waals surface area contributed by atoms with Crippen LogP contribution in [-0.2, 0) is 21.4 Å². The molecule has 0 spiro atoms.